The molecule has 3 saturated carbocycles. The molecule has 0 bridgehead atoms. The molecule has 0 heterocycles. The molecule has 6 unspecified atom stereocenters. The summed E-state index contributed by atoms with van der Waals surface area (Å²) in [5.41, 5.74) is 0. The molecule has 0 aromatic rings. The van der Waals surface area contributed by atoms with Crippen LogP contribution in [0.3, 0.4) is 0 Å². The van der Waals surface area contributed by atoms with Crippen molar-refractivity contribution < 1.29 is 0 Å². The van der Waals surface area contributed by atoms with E-state index in [2.05, 4.69) is 13.8 Å². The highest BCUT2D eigenvalue weighted by atomic mass is 14.4. The molecule has 0 radical (unpaired) electrons. The number of hydrogen-bond acceptors (Lipinski definition) is 0. The van der Waals surface area contributed by atoms with Crippen LogP contribution in [0.1, 0.15) is 136 Å². The molecule has 27 heavy (non-hydrogen) atoms. The normalized spacial score (nSPS) is 40.7. The van der Waals surface area contributed by atoms with Crippen LogP contribution in [-0.2, 0) is 0 Å². The predicted molar refractivity (Wildman–Crippen MR) is 120 cm³/mol. The van der Waals surface area contributed by atoms with Crippen LogP contribution in [0, 0.1) is 35.5 Å². The van der Waals surface area contributed by atoms with Crippen LogP contribution in [-0.4, -0.2) is 0 Å². The minimum absolute atomic E-state index is 0.983. The van der Waals surface area contributed by atoms with Crippen molar-refractivity contribution in [1.82, 2.24) is 0 Å². The zero-order valence-corrected chi connectivity index (χ0v) is 18.9. The lowest BCUT2D eigenvalue weighted by molar-refractivity contribution is 0.110. The van der Waals surface area contributed by atoms with Gasteiger partial charge in [0.1, 0.15) is 0 Å². The number of hydrogen-bond donors (Lipinski definition) is 0. The van der Waals surface area contributed by atoms with Crippen molar-refractivity contribution in [1.29, 1.82) is 0 Å². The van der Waals surface area contributed by atoms with Gasteiger partial charge in [0.15, 0.2) is 0 Å². The second-order valence-electron chi connectivity index (χ2n) is 11.0. The van der Waals surface area contributed by atoms with Gasteiger partial charge in [0, 0.05) is 0 Å². The molecule has 0 heteroatoms. The zero-order valence-electron chi connectivity index (χ0n) is 18.9. The molecule has 3 rings (SSSR count). The lowest BCUT2D eigenvalue weighted by atomic mass is 9.66. The zero-order chi connectivity index (χ0) is 18.9. The fourth-order valence-corrected chi connectivity index (χ4v) is 7.18. The van der Waals surface area contributed by atoms with Crippen molar-refractivity contribution in [2.75, 3.05) is 0 Å². The summed E-state index contributed by atoms with van der Waals surface area (Å²) in [4.78, 5) is 0. The highest BCUT2D eigenvalue weighted by Crippen LogP contribution is 2.45. The lowest BCUT2D eigenvalue weighted by Gasteiger charge is -2.40. The minimum atomic E-state index is 0.983. The quantitative estimate of drug-likeness (QED) is 0.452. The van der Waals surface area contributed by atoms with E-state index in [0.717, 1.165) is 35.5 Å². The Labute approximate surface area is 171 Å². The molecule has 0 aromatic carbocycles. The first-order chi connectivity index (χ1) is 13.3. The van der Waals surface area contributed by atoms with Crippen LogP contribution in [0.2, 0.25) is 0 Å². The first-order valence-corrected chi connectivity index (χ1v) is 13.3. The van der Waals surface area contributed by atoms with E-state index < -0.39 is 0 Å². The molecule has 0 aromatic heterocycles. The summed E-state index contributed by atoms with van der Waals surface area (Å²) in [6.07, 6.45) is 29.2. The Balaban J connectivity index is 1.70. The number of fused-ring (bicyclic) bond motifs is 1. The van der Waals surface area contributed by atoms with Gasteiger partial charge in [0.25, 0.3) is 0 Å². The van der Waals surface area contributed by atoms with E-state index in [0.29, 0.717) is 0 Å². The molecule has 3 fully saturated rings. The summed E-state index contributed by atoms with van der Waals surface area (Å²) in [7, 11) is 0. The van der Waals surface area contributed by atoms with Gasteiger partial charge in [-0.1, -0.05) is 110 Å². The van der Waals surface area contributed by atoms with Crippen LogP contribution in [0.4, 0.5) is 0 Å². The Kier molecular flexibility index (Phi) is 9.54. The van der Waals surface area contributed by atoms with E-state index in [1.165, 1.54) is 70.6 Å². The van der Waals surface area contributed by atoms with E-state index in [9.17, 15) is 0 Å². The summed E-state index contributed by atoms with van der Waals surface area (Å²) in [5.74, 6) is 6.32. The highest BCUT2D eigenvalue weighted by Gasteiger charge is 2.34. The molecule has 0 saturated heterocycles. The topological polar surface area (TPSA) is 0 Å². The van der Waals surface area contributed by atoms with E-state index in [-0.39, 0.29) is 0 Å². The monoisotopic (exact) mass is 374 g/mol. The van der Waals surface area contributed by atoms with E-state index >= 15 is 0 Å². The molecule has 158 valence electrons. The molecule has 0 amide bonds. The van der Waals surface area contributed by atoms with Crippen molar-refractivity contribution in [3.63, 3.8) is 0 Å². The molecular weight excluding hydrogens is 324 g/mol. The van der Waals surface area contributed by atoms with Crippen molar-refractivity contribution in [3.05, 3.63) is 0 Å². The summed E-state index contributed by atoms with van der Waals surface area (Å²) in [6, 6.07) is 0. The van der Waals surface area contributed by atoms with Crippen LogP contribution in [0.25, 0.3) is 0 Å². The van der Waals surface area contributed by atoms with Gasteiger partial charge < -0.3 is 0 Å². The van der Waals surface area contributed by atoms with Crippen molar-refractivity contribution in [2.45, 2.75) is 136 Å². The minimum Gasteiger partial charge on any atom is -0.0651 e. The SMILES string of the molecule is CCC1CCC2CCCCCCCC(C3CCCCCCC(C)C3)CC2C1. The van der Waals surface area contributed by atoms with Gasteiger partial charge >= 0.3 is 0 Å². The second-order valence-corrected chi connectivity index (χ2v) is 11.0. The van der Waals surface area contributed by atoms with Crippen LogP contribution in [0.15, 0.2) is 0 Å². The molecule has 0 spiro atoms. The Morgan fingerprint density at radius 3 is 1.70 bits per heavy atom. The molecule has 0 aliphatic heterocycles. The number of rotatable bonds is 2. The van der Waals surface area contributed by atoms with Gasteiger partial charge in [-0.05, 0) is 61.2 Å². The Morgan fingerprint density at radius 2 is 1.04 bits per heavy atom. The average Bonchev–Trinajstić information content (AvgIpc) is 2.75. The van der Waals surface area contributed by atoms with E-state index in [4.69, 9.17) is 0 Å². The summed E-state index contributed by atoms with van der Waals surface area (Å²) < 4.78 is 0. The first-order valence-electron chi connectivity index (χ1n) is 13.3. The predicted octanol–water partition coefficient (Wildman–Crippen LogP) is 9.18. The summed E-state index contributed by atoms with van der Waals surface area (Å²) in [6.45, 7) is 5.02. The largest absolute Gasteiger partial charge is 0.0651 e. The third-order valence-electron chi connectivity index (χ3n) is 8.97. The standard InChI is InChI=1S/C27H50/c1-3-23-17-18-24-14-10-5-4-6-11-16-26(21-27(24)20-23)25-15-12-8-7-9-13-22(2)19-25/h22-27H,3-21H2,1-2H3. The Morgan fingerprint density at radius 1 is 0.481 bits per heavy atom. The highest BCUT2D eigenvalue weighted by molar-refractivity contribution is 4.85. The van der Waals surface area contributed by atoms with Gasteiger partial charge in [-0.15, -0.1) is 0 Å². The average molecular weight is 375 g/mol. The maximum atomic E-state index is 2.57. The Hall–Kier alpha value is 0. The molecule has 0 nitrogen and oxygen atoms in total. The molecule has 3 aliphatic rings. The summed E-state index contributed by atoms with van der Waals surface area (Å²) in [5, 5.41) is 0. The van der Waals surface area contributed by atoms with Crippen LogP contribution in [0.5, 0.6) is 0 Å². The smallest absolute Gasteiger partial charge is 0.0380 e. The van der Waals surface area contributed by atoms with Gasteiger partial charge in [-0.2, -0.15) is 0 Å². The molecule has 6 atom stereocenters. The maximum absolute atomic E-state index is 2.57. The Bertz CT molecular complexity index is 385. The maximum Gasteiger partial charge on any atom is -0.0380 e. The molecular formula is C27H50. The van der Waals surface area contributed by atoms with Crippen LogP contribution >= 0.6 is 0 Å². The van der Waals surface area contributed by atoms with Crippen molar-refractivity contribution in [2.24, 2.45) is 35.5 Å². The third kappa shape index (κ3) is 7.08. The van der Waals surface area contributed by atoms with E-state index in [1.54, 1.807) is 51.4 Å². The lowest BCUT2D eigenvalue weighted by Crippen LogP contribution is -2.29. The fraction of sp³-hybridized carbons (Fsp3) is 1.00. The summed E-state index contributed by atoms with van der Waals surface area (Å²) >= 11 is 0. The van der Waals surface area contributed by atoms with Gasteiger partial charge in [0.2, 0.25) is 0 Å². The van der Waals surface area contributed by atoms with Gasteiger partial charge in [-0.25, -0.2) is 0 Å². The van der Waals surface area contributed by atoms with Gasteiger partial charge in [-0.3, -0.25) is 0 Å². The fourth-order valence-electron chi connectivity index (χ4n) is 7.18. The van der Waals surface area contributed by atoms with Crippen molar-refractivity contribution >= 4 is 0 Å². The van der Waals surface area contributed by atoms with Crippen molar-refractivity contribution in [3.8, 4) is 0 Å². The van der Waals surface area contributed by atoms with E-state index in [1.807, 2.05) is 0 Å². The molecule has 0 N–H and O–H groups in total. The molecule has 3 aliphatic carbocycles. The second kappa shape index (κ2) is 11.9. The van der Waals surface area contributed by atoms with Crippen LogP contribution < -0.4 is 0 Å². The first kappa shape index (κ1) is 21.7. The third-order valence-corrected chi connectivity index (χ3v) is 8.97. The van der Waals surface area contributed by atoms with Gasteiger partial charge in [0.05, 0.1) is 0 Å².